The summed E-state index contributed by atoms with van der Waals surface area (Å²) in [5.74, 6) is 2.76. The predicted molar refractivity (Wildman–Crippen MR) is 164 cm³/mol. The first-order valence-electron chi connectivity index (χ1n) is 15.1. The second kappa shape index (κ2) is 9.20. The Hall–Kier alpha value is -4.61. The summed E-state index contributed by atoms with van der Waals surface area (Å²) in [5.41, 5.74) is 11.7. The lowest BCUT2D eigenvalue weighted by atomic mass is 9.83. The van der Waals surface area contributed by atoms with E-state index in [2.05, 4.69) is 113 Å². The molecule has 0 saturated carbocycles. The van der Waals surface area contributed by atoms with Crippen molar-refractivity contribution in [1.29, 1.82) is 0 Å². The van der Waals surface area contributed by atoms with Gasteiger partial charge >= 0.3 is 5.89 Å². The van der Waals surface area contributed by atoms with Crippen LogP contribution in [0.2, 0.25) is 0 Å². The van der Waals surface area contributed by atoms with Gasteiger partial charge in [-0.2, -0.15) is 4.57 Å². The van der Waals surface area contributed by atoms with E-state index in [4.69, 9.17) is 13.9 Å². The van der Waals surface area contributed by atoms with E-state index in [1.165, 1.54) is 39.0 Å². The summed E-state index contributed by atoms with van der Waals surface area (Å²) in [4.78, 5) is 2.36. The highest BCUT2D eigenvalue weighted by molar-refractivity contribution is 5.82. The van der Waals surface area contributed by atoms with Gasteiger partial charge in [-0.05, 0) is 58.9 Å². The number of anilines is 1. The van der Waals surface area contributed by atoms with Crippen molar-refractivity contribution < 1.29 is 18.5 Å². The number of ether oxygens (including phenoxy) is 2. The highest BCUT2D eigenvalue weighted by atomic mass is 16.5. The van der Waals surface area contributed by atoms with Gasteiger partial charge in [-0.25, -0.2) is 0 Å². The van der Waals surface area contributed by atoms with Crippen LogP contribution in [-0.2, 0) is 11.3 Å². The summed E-state index contributed by atoms with van der Waals surface area (Å²) < 4.78 is 22.5. The lowest BCUT2D eigenvalue weighted by Gasteiger charge is -2.40. The number of hydrogen-bond donors (Lipinski definition) is 0. The Morgan fingerprint density at radius 2 is 1.48 bits per heavy atom. The van der Waals surface area contributed by atoms with Crippen molar-refractivity contribution in [3.05, 3.63) is 120 Å². The van der Waals surface area contributed by atoms with Crippen LogP contribution in [0.4, 0.5) is 5.69 Å². The number of nitrogens with zero attached hydrogens (tertiary/aromatic N) is 2. The van der Waals surface area contributed by atoms with E-state index in [-0.39, 0.29) is 12.2 Å². The second-order valence-electron chi connectivity index (χ2n) is 11.6. The Balaban J connectivity index is 1.18. The molecule has 4 aliphatic heterocycles. The molecule has 2 atom stereocenters. The molecule has 0 bridgehead atoms. The molecule has 4 aromatic carbocycles. The minimum absolute atomic E-state index is 0.0310. The summed E-state index contributed by atoms with van der Waals surface area (Å²) in [6, 6.07) is 34.2. The highest BCUT2D eigenvalue weighted by Crippen LogP contribution is 2.50. The summed E-state index contributed by atoms with van der Waals surface area (Å²) in [6.45, 7) is 4.00. The fraction of sp³-hybridized carbons (Fsp3) is 0.216. The molecule has 0 N–H and O–H groups in total. The standard InChI is InChI=1S/C37H31N2O3/c1-2-27-34-32(17-19-38-28-21-25(23-9-5-3-6-10-23)13-15-30(28)41-36(34)38)40-33-18-20-39-29-22-26(24-11-7-4-8-12-24)14-16-31(29)42-37(39)35(27)33/h3-16,21-22,32-33H,2,17-20H2,1H3/q+1. The SMILES string of the molecule is CCC1=C2c3oc4ccc(-c5ccccc5)cc4[n+]3CCC2OC2CCN3C(=C12)Oc1ccc(-c2ccccc2)cc13. The van der Waals surface area contributed by atoms with Gasteiger partial charge in [0.1, 0.15) is 0 Å². The van der Waals surface area contributed by atoms with E-state index < -0.39 is 0 Å². The molecule has 0 saturated heterocycles. The van der Waals surface area contributed by atoms with E-state index in [0.717, 1.165) is 66.7 Å². The van der Waals surface area contributed by atoms with Crippen molar-refractivity contribution >= 4 is 22.4 Å². The van der Waals surface area contributed by atoms with Crippen LogP contribution in [0.15, 0.2) is 119 Å². The molecule has 0 radical (unpaired) electrons. The molecule has 5 aromatic rings. The van der Waals surface area contributed by atoms with Gasteiger partial charge in [0.25, 0.3) is 5.52 Å². The van der Waals surface area contributed by atoms with E-state index in [1.54, 1.807) is 0 Å². The van der Waals surface area contributed by atoms with Crippen LogP contribution in [0.1, 0.15) is 32.1 Å². The number of rotatable bonds is 3. The van der Waals surface area contributed by atoms with Gasteiger partial charge in [-0.3, -0.25) is 0 Å². The number of aromatic nitrogens is 1. The Morgan fingerprint density at radius 1 is 0.762 bits per heavy atom. The summed E-state index contributed by atoms with van der Waals surface area (Å²) in [6.07, 6.45) is 2.82. The average Bonchev–Trinajstić information content (AvgIpc) is 3.62. The van der Waals surface area contributed by atoms with Crippen molar-refractivity contribution in [1.82, 2.24) is 0 Å². The van der Waals surface area contributed by atoms with Crippen LogP contribution in [-0.4, -0.2) is 18.8 Å². The van der Waals surface area contributed by atoms with Gasteiger partial charge in [0.15, 0.2) is 12.3 Å². The van der Waals surface area contributed by atoms with Gasteiger partial charge in [0, 0.05) is 24.6 Å². The van der Waals surface area contributed by atoms with Gasteiger partial charge in [0.05, 0.1) is 23.5 Å². The molecular formula is C37H31N2O3+. The largest absolute Gasteiger partial charge is 0.438 e. The van der Waals surface area contributed by atoms with Crippen LogP contribution in [0.3, 0.4) is 0 Å². The van der Waals surface area contributed by atoms with E-state index >= 15 is 0 Å². The second-order valence-corrected chi connectivity index (χ2v) is 11.6. The van der Waals surface area contributed by atoms with Gasteiger partial charge in [0.2, 0.25) is 11.5 Å². The van der Waals surface area contributed by atoms with Crippen molar-refractivity contribution in [2.45, 2.75) is 44.9 Å². The number of fused-ring (bicyclic) bond motifs is 9. The lowest BCUT2D eigenvalue weighted by Crippen LogP contribution is -2.49. The van der Waals surface area contributed by atoms with Gasteiger partial charge in [-0.1, -0.05) is 79.7 Å². The van der Waals surface area contributed by atoms with Crippen molar-refractivity contribution in [2.24, 2.45) is 0 Å². The summed E-state index contributed by atoms with van der Waals surface area (Å²) in [7, 11) is 0. The molecule has 5 heterocycles. The molecule has 0 amide bonds. The molecule has 0 aliphatic carbocycles. The van der Waals surface area contributed by atoms with Crippen LogP contribution >= 0.6 is 0 Å². The fourth-order valence-electron chi connectivity index (χ4n) is 7.33. The fourth-order valence-corrected chi connectivity index (χ4v) is 7.33. The molecule has 0 fully saturated rings. The maximum Gasteiger partial charge on any atom is 0.380 e. The van der Waals surface area contributed by atoms with Crippen LogP contribution in [0.5, 0.6) is 5.75 Å². The van der Waals surface area contributed by atoms with E-state index in [0.29, 0.717) is 0 Å². The van der Waals surface area contributed by atoms with Gasteiger partial charge in [-0.15, -0.1) is 0 Å². The number of aryl methyl sites for hydroxylation is 1. The smallest absolute Gasteiger partial charge is 0.380 e. The molecule has 9 rings (SSSR count). The van der Waals surface area contributed by atoms with Crippen LogP contribution in [0.25, 0.3) is 38.9 Å². The zero-order chi connectivity index (χ0) is 27.8. The van der Waals surface area contributed by atoms with Gasteiger partial charge < -0.3 is 18.8 Å². The maximum atomic E-state index is 6.88. The first kappa shape index (κ1) is 24.0. The molecule has 42 heavy (non-hydrogen) atoms. The normalized spacial score (nSPS) is 20.5. The Bertz CT molecular complexity index is 1940. The topological polar surface area (TPSA) is 38.7 Å². The van der Waals surface area contributed by atoms with Crippen molar-refractivity contribution in [2.75, 3.05) is 11.4 Å². The lowest BCUT2D eigenvalue weighted by molar-refractivity contribution is -0.683. The van der Waals surface area contributed by atoms with Crippen LogP contribution < -0.4 is 14.2 Å². The number of oxazole rings is 1. The molecule has 5 heteroatoms. The number of hydrogen-bond acceptors (Lipinski definition) is 4. The van der Waals surface area contributed by atoms with Crippen molar-refractivity contribution in [3.63, 3.8) is 0 Å². The van der Waals surface area contributed by atoms with E-state index in [9.17, 15) is 0 Å². The maximum absolute atomic E-state index is 6.88. The van der Waals surface area contributed by atoms with E-state index in [1.807, 2.05) is 0 Å². The summed E-state index contributed by atoms with van der Waals surface area (Å²) >= 11 is 0. The first-order valence-corrected chi connectivity index (χ1v) is 15.1. The van der Waals surface area contributed by atoms with Crippen LogP contribution in [0, 0.1) is 0 Å². The molecule has 5 nitrogen and oxygen atoms in total. The quantitative estimate of drug-likeness (QED) is 0.214. The molecular weight excluding hydrogens is 520 g/mol. The zero-order valence-electron chi connectivity index (χ0n) is 23.5. The Kier molecular flexibility index (Phi) is 5.26. The number of benzene rings is 4. The Morgan fingerprint density at radius 3 is 2.24 bits per heavy atom. The molecule has 206 valence electrons. The zero-order valence-corrected chi connectivity index (χ0v) is 23.5. The summed E-state index contributed by atoms with van der Waals surface area (Å²) in [5, 5.41) is 0. The third kappa shape index (κ3) is 3.50. The molecule has 4 aliphatic rings. The van der Waals surface area contributed by atoms with Crippen molar-refractivity contribution in [3.8, 4) is 28.0 Å². The third-order valence-electron chi connectivity index (χ3n) is 9.28. The monoisotopic (exact) mass is 551 g/mol. The third-order valence-corrected chi connectivity index (χ3v) is 9.28. The predicted octanol–water partition coefficient (Wildman–Crippen LogP) is 7.90. The molecule has 2 unspecified atom stereocenters. The minimum Gasteiger partial charge on any atom is -0.438 e. The average molecular weight is 552 g/mol. The Labute approximate surface area is 244 Å². The molecule has 1 aromatic heterocycles. The highest BCUT2D eigenvalue weighted by Gasteiger charge is 2.48. The molecule has 0 spiro atoms. The first-order chi connectivity index (χ1) is 20.8. The minimum atomic E-state index is 0.0310.